The van der Waals surface area contributed by atoms with E-state index < -0.39 is 28.2 Å². The first-order valence-electron chi connectivity index (χ1n) is 5.24. The van der Waals surface area contributed by atoms with Gasteiger partial charge in [-0.05, 0) is 24.1 Å². The van der Waals surface area contributed by atoms with Gasteiger partial charge in [0.2, 0.25) is 10.0 Å². The molecule has 94 valence electrons. The minimum atomic E-state index is -3.59. The molecule has 0 fully saturated rings. The minimum Gasteiger partial charge on any atom is -0.481 e. The zero-order chi connectivity index (χ0) is 12.9. The Bertz CT molecular complexity index is 496. The minimum absolute atomic E-state index is 0.400. The maximum atomic E-state index is 11.5. The second kappa shape index (κ2) is 5.67. The smallest absolute Gasteiger partial charge is 0.304 e. The summed E-state index contributed by atoms with van der Waals surface area (Å²) in [7, 11) is -3.59. The van der Waals surface area contributed by atoms with Crippen LogP contribution in [0.15, 0.2) is 24.3 Å². The lowest BCUT2D eigenvalue weighted by Gasteiger charge is -2.07. The van der Waals surface area contributed by atoms with Crippen LogP contribution in [0.3, 0.4) is 0 Å². The molecule has 0 aliphatic heterocycles. The standard InChI is InChI=1S/C11H15NO4S/c1-2-9-4-3-5-10(8-9)12-17(15,16)7-6-11(13)14/h3-5,8,12H,2,6-7H2,1H3,(H,13,14). The Balaban J connectivity index is 2.72. The van der Waals surface area contributed by atoms with Gasteiger partial charge in [-0.15, -0.1) is 0 Å². The van der Waals surface area contributed by atoms with Gasteiger partial charge in [0.25, 0.3) is 0 Å². The van der Waals surface area contributed by atoms with E-state index in [0.717, 1.165) is 12.0 Å². The van der Waals surface area contributed by atoms with Gasteiger partial charge in [-0.25, -0.2) is 8.42 Å². The summed E-state index contributed by atoms with van der Waals surface area (Å²) in [5.41, 5.74) is 1.48. The van der Waals surface area contributed by atoms with Gasteiger partial charge in [0, 0.05) is 5.69 Å². The number of carboxylic acid groups (broad SMARTS) is 1. The average Bonchev–Trinajstić information content (AvgIpc) is 2.26. The Hall–Kier alpha value is -1.56. The average molecular weight is 257 g/mol. The van der Waals surface area contributed by atoms with E-state index in [1.54, 1.807) is 18.2 Å². The topological polar surface area (TPSA) is 83.5 Å². The first kappa shape index (κ1) is 13.5. The van der Waals surface area contributed by atoms with E-state index in [1.165, 1.54) is 0 Å². The van der Waals surface area contributed by atoms with Crippen LogP contribution in [-0.2, 0) is 21.2 Å². The normalized spacial score (nSPS) is 11.1. The Labute approximate surface area is 101 Å². The van der Waals surface area contributed by atoms with Crippen LogP contribution in [0.2, 0.25) is 0 Å². The number of carbonyl (C=O) groups is 1. The molecule has 1 aromatic rings. The predicted molar refractivity (Wildman–Crippen MR) is 65.5 cm³/mol. The molecule has 0 radical (unpaired) electrons. The molecule has 1 rings (SSSR count). The lowest BCUT2D eigenvalue weighted by atomic mass is 10.1. The Morgan fingerprint density at radius 3 is 2.71 bits per heavy atom. The molecule has 0 amide bonds. The van der Waals surface area contributed by atoms with Crippen LogP contribution in [0.4, 0.5) is 5.69 Å². The Morgan fingerprint density at radius 2 is 2.12 bits per heavy atom. The molecule has 0 spiro atoms. The van der Waals surface area contributed by atoms with Gasteiger partial charge < -0.3 is 5.11 Å². The monoisotopic (exact) mass is 257 g/mol. The molecule has 0 aliphatic rings. The molecule has 0 atom stereocenters. The molecule has 0 unspecified atom stereocenters. The Kier molecular flexibility index (Phi) is 4.51. The van der Waals surface area contributed by atoms with Crippen LogP contribution in [-0.4, -0.2) is 25.2 Å². The van der Waals surface area contributed by atoms with Gasteiger partial charge in [-0.2, -0.15) is 0 Å². The molecule has 17 heavy (non-hydrogen) atoms. The van der Waals surface area contributed by atoms with Crippen molar-refractivity contribution < 1.29 is 18.3 Å². The van der Waals surface area contributed by atoms with E-state index in [1.807, 2.05) is 13.0 Å². The van der Waals surface area contributed by atoms with Crippen molar-refractivity contribution in [2.24, 2.45) is 0 Å². The van der Waals surface area contributed by atoms with E-state index in [9.17, 15) is 13.2 Å². The summed E-state index contributed by atoms with van der Waals surface area (Å²) in [5, 5.41) is 8.43. The molecular weight excluding hydrogens is 242 g/mol. The third-order valence-corrected chi connectivity index (χ3v) is 3.48. The summed E-state index contributed by atoms with van der Waals surface area (Å²) in [4.78, 5) is 10.3. The maximum absolute atomic E-state index is 11.5. The summed E-state index contributed by atoms with van der Waals surface area (Å²) < 4.78 is 25.4. The summed E-state index contributed by atoms with van der Waals surface area (Å²) in [6, 6.07) is 7.03. The van der Waals surface area contributed by atoms with Crippen molar-refractivity contribution in [2.45, 2.75) is 19.8 Å². The number of benzene rings is 1. The van der Waals surface area contributed by atoms with Crippen LogP contribution < -0.4 is 4.72 Å². The zero-order valence-corrected chi connectivity index (χ0v) is 10.3. The Morgan fingerprint density at radius 1 is 1.41 bits per heavy atom. The molecular formula is C11H15NO4S. The van der Waals surface area contributed by atoms with E-state index >= 15 is 0 Å². The molecule has 0 aromatic heterocycles. The SMILES string of the molecule is CCc1cccc(NS(=O)(=O)CCC(=O)O)c1. The predicted octanol–water partition coefficient (Wildman–Crippen LogP) is 1.47. The fourth-order valence-electron chi connectivity index (χ4n) is 1.31. The van der Waals surface area contributed by atoms with Crippen molar-refractivity contribution in [1.82, 2.24) is 0 Å². The maximum Gasteiger partial charge on any atom is 0.304 e. The second-order valence-electron chi connectivity index (χ2n) is 3.62. The van der Waals surface area contributed by atoms with E-state index in [2.05, 4.69) is 4.72 Å². The highest BCUT2D eigenvalue weighted by Gasteiger charge is 2.12. The van der Waals surface area contributed by atoms with Crippen LogP contribution >= 0.6 is 0 Å². The molecule has 1 aromatic carbocycles. The third-order valence-electron chi connectivity index (χ3n) is 2.19. The number of sulfonamides is 1. The first-order valence-corrected chi connectivity index (χ1v) is 6.89. The number of anilines is 1. The highest BCUT2D eigenvalue weighted by molar-refractivity contribution is 7.92. The summed E-state index contributed by atoms with van der Waals surface area (Å²) in [6.45, 7) is 1.97. The number of hydrogen-bond acceptors (Lipinski definition) is 3. The largest absolute Gasteiger partial charge is 0.481 e. The number of rotatable bonds is 6. The van der Waals surface area contributed by atoms with Gasteiger partial charge in [0.05, 0.1) is 12.2 Å². The van der Waals surface area contributed by atoms with Gasteiger partial charge in [0.15, 0.2) is 0 Å². The van der Waals surface area contributed by atoms with Crippen LogP contribution in [0.5, 0.6) is 0 Å². The highest BCUT2D eigenvalue weighted by atomic mass is 32.2. The fraction of sp³-hybridized carbons (Fsp3) is 0.364. The fourth-order valence-corrected chi connectivity index (χ4v) is 2.34. The molecule has 0 aliphatic carbocycles. The first-order chi connectivity index (χ1) is 7.93. The third kappa shape index (κ3) is 4.86. The molecule has 0 bridgehead atoms. The highest BCUT2D eigenvalue weighted by Crippen LogP contribution is 2.13. The number of aliphatic carboxylic acids is 1. The van der Waals surface area contributed by atoms with Crippen LogP contribution in [0.1, 0.15) is 18.9 Å². The summed E-state index contributed by atoms with van der Waals surface area (Å²) in [5.74, 6) is -1.55. The molecule has 0 saturated carbocycles. The van der Waals surface area contributed by atoms with Crippen molar-refractivity contribution in [3.8, 4) is 0 Å². The zero-order valence-electron chi connectivity index (χ0n) is 9.51. The summed E-state index contributed by atoms with van der Waals surface area (Å²) >= 11 is 0. The lowest BCUT2D eigenvalue weighted by Crippen LogP contribution is -2.18. The molecule has 0 heterocycles. The van der Waals surface area contributed by atoms with Crippen molar-refractivity contribution in [1.29, 1.82) is 0 Å². The van der Waals surface area contributed by atoms with E-state index in [4.69, 9.17) is 5.11 Å². The van der Waals surface area contributed by atoms with E-state index in [0.29, 0.717) is 5.69 Å². The van der Waals surface area contributed by atoms with Crippen molar-refractivity contribution in [2.75, 3.05) is 10.5 Å². The van der Waals surface area contributed by atoms with Crippen LogP contribution in [0, 0.1) is 0 Å². The quantitative estimate of drug-likeness (QED) is 0.808. The van der Waals surface area contributed by atoms with Crippen LogP contribution in [0.25, 0.3) is 0 Å². The van der Waals surface area contributed by atoms with Gasteiger partial charge in [-0.3, -0.25) is 9.52 Å². The number of carboxylic acids is 1. The molecule has 2 N–H and O–H groups in total. The number of nitrogens with one attached hydrogen (secondary N) is 1. The molecule has 6 heteroatoms. The van der Waals surface area contributed by atoms with Crippen molar-refractivity contribution in [3.63, 3.8) is 0 Å². The molecule has 5 nitrogen and oxygen atoms in total. The van der Waals surface area contributed by atoms with Crippen molar-refractivity contribution >= 4 is 21.7 Å². The van der Waals surface area contributed by atoms with Gasteiger partial charge in [-0.1, -0.05) is 19.1 Å². The van der Waals surface area contributed by atoms with Crippen molar-refractivity contribution in [3.05, 3.63) is 29.8 Å². The number of hydrogen-bond donors (Lipinski definition) is 2. The van der Waals surface area contributed by atoms with E-state index in [-0.39, 0.29) is 0 Å². The lowest BCUT2D eigenvalue weighted by molar-refractivity contribution is -0.136. The number of aryl methyl sites for hydroxylation is 1. The molecule has 0 saturated heterocycles. The van der Waals surface area contributed by atoms with Gasteiger partial charge >= 0.3 is 5.97 Å². The second-order valence-corrected chi connectivity index (χ2v) is 5.46. The van der Waals surface area contributed by atoms with Gasteiger partial charge in [0.1, 0.15) is 0 Å². The summed E-state index contributed by atoms with van der Waals surface area (Å²) in [6.07, 6.45) is 0.410.